The van der Waals surface area contributed by atoms with Crippen molar-refractivity contribution in [2.45, 2.75) is 13.3 Å². The minimum Gasteiger partial charge on any atom is -0.356 e. The first-order chi connectivity index (χ1) is 9.31. The summed E-state index contributed by atoms with van der Waals surface area (Å²) in [4.78, 5) is 11.6. The Labute approximate surface area is 111 Å². The Balaban J connectivity index is 1.85. The van der Waals surface area contributed by atoms with E-state index < -0.39 is 0 Å². The zero-order valence-electron chi connectivity index (χ0n) is 11.0. The van der Waals surface area contributed by atoms with Crippen LogP contribution < -0.4 is 4.90 Å². The van der Waals surface area contributed by atoms with Crippen LogP contribution in [0.25, 0.3) is 16.8 Å². The minimum atomic E-state index is 0.761. The van der Waals surface area contributed by atoms with Gasteiger partial charge in [0.15, 0.2) is 0 Å². The highest BCUT2D eigenvalue weighted by molar-refractivity contribution is 5.79. The van der Waals surface area contributed by atoms with Crippen LogP contribution in [-0.4, -0.2) is 27.5 Å². The molecular formula is C15H16N4. The first-order valence-electron chi connectivity index (χ1n) is 6.80. The van der Waals surface area contributed by atoms with Crippen molar-refractivity contribution in [3.05, 3.63) is 36.5 Å². The van der Waals surface area contributed by atoms with Crippen LogP contribution in [0.3, 0.4) is 0 Å². The van der Waals surface area contributed by atoms with Gasteiger partial charge in [0, 0.05) is 19.3 Å². The second-order valence-corrected chi connectivity index (χ2v) is 5.40. The van der Waals surface area contributed by atoms with Crippen molar-refractivity contribution in [2.75, 3.05) is 18.0 Å². The fourth-order valence-corrected chi connectivity index (χ4v) is 2.86. The van der Waals surface area contributed by atoms with Crippen molar-refractivity contribution in [3.8, 4) is 0 Å². The van der Waals surface area contributed by atoms with E-state index in [0.29, 0.717) is 0 Å². The number of para-hydroxylation sites is 2. The van der Waals surface area contributed by atoms with Crippen LogP contribution in [0.4, 0.5) is 5.82 Å². The summed E-state index contributed by atoms with van der Waals surface area (Å²) in [6.45, 7) is 4.50. The number of aromatic nitrogens is 3. The number of anilines is 1. The van der Waals surface area contributed by atoms with E-state index in [4.69, 9.17) is 4.98 Å². The van der Waals surface area contributed by atoms with E-state index in [9.17, 15) is 0 Å². The van der Waals surface area contributed by atoms with Crippen molar-refractivity contribution in [2.24, 2.45) is 5.92 Å². The molecule has 2 aromatic heterocycles. The molecule has 1 aliphatic rings. The summed E-state index contributed by atoms with van der Waals surface area (Å²) in [5.41, 5.74) is 2.12. The summed E-state index contributed by atoms with van der Waals surface area (Å²) < 4.78 is 2.05. The van der Waals surface area contributed by atoms with Gasteiger partial charge in [0.25, 0.3) is 0 Å². The molecular weight excluding hydrogens is 236 g/mol. The first kappa shape index (κ1) is 10.8. The average Bonchev–Trinajstić information content (AvgIpc) is 3.01. The number of nitrogens with zero attached hydrogens (tertiary/aromatic N) is 4. The molecule has 3 heterocycles. The fourth-order valence-electron chi connectivity index (χ4n) is 2.86. The molecule has 0 bridgehead atoms. The van der Waals surface area contributed by atoms with Gasteiger partial charge < -0.3 is 4.90 Å². The third-order valence-electron chi connectivity index (χ3n) is 3.91. The fraction of sp³-hybridized carbons (Fsp3) is 0.333. The van der Waals surface area contributed by atoms with Gasteiger partial charge in [-0.3, -0.25) is 4.40 Å². The predicted molar refractivity (Wildman–Crippen MR) is 76.5 cm³/mol. The third kappa shape index (κ3) is 1.67. The van der Waals surface area contributed by atoms with Crippen LogP contribution in [0.15, 0.2) is 36.5 Å². The van der Waals surface area contributed by atoms with Gasteiger partial charge in [-0.1, -0.05) is 19.1 Å². The van der Waals surface area contributed by atoms with Crippen molar-refractivity contribution in [3.63, 3.8) is 0 Å². The second-order valence-electron chi connectivity index (χ2n) is 5.40. The van der Waals surface area contributed by atoms with Crippen LogP contribution in [0.2, 0.25) is 0 Å². The van der Waals surface area contributed by atoms with Gasteiger partial charge in [-0.25, -0.2) is 4.98 Å². The van der Waals surface area contributed by atoms with Crippen LogP contribution in [0.5, 0.6) is 0 Å². The Bertz CT molecular complexity index is 746. The summed E-state index contributed by atoms with van der Waals surface area (Å²) in [5.74, 6) is 2.60. The van der Waals surface area contributed by atoms with Crippen molar-refractivity contribution < 1.29 is 0 Å². The van der Waals surface area contributed by atoms with E-state index in [1.807, 2.05) is 18.2 Å². The van der Waals surface area contributed by atoms with E-state index in [2.05, 4.69) is 39.5 Å². The van der Waals surface area contributed by atoms with Crippen molar-refractivity contribution >= 4 is 22.6 Å². The molecule has 0 spiro atoms. The van der Waals surface area contributed by atoms with E-state index >= 15 is 0 Å². The monoisotopic (exact) mass is 252 g/mol. The second kappa shape index (κ2) is 3.95. The lowest BCUT2D eigenvalue weighted by molar-refractivity contribution is 0.659. The number of hydrogen-bond donors (Lipinski definition) is 0. The van der Waals surface area contributed by atoms with Crippen LogP contribution >= 0.6 is 0 Å². The summed E-state index contributed by atoms with van der Waals surface area (Å²) in [7, 11) is 0. The predicted octanol–water partition coefficient (Wildman–Crippen LogP) is 2.73. The summed E-state index contributed by atoms with van der Waals surface area (Å²) >= 11 is 0. The van der Waals surface area contributed by atoms with E-state index in [1.54, 1.807) is 0 Å². The lowest BCUT2D eigenvalue weighted by atomic mass is 10.2. The number of hydrogen-bond acceptors (Lipinski definition) is 3. The zero-order valence-corrected chi connectivity index (χ0v) is 11.0. The van der Waals surface area contributed by atoms with Gasteiger partial charge in [0.2, 0.25) is 5.78 Å². The quantitative estimate of drug-likeness (QED) is 0.667. The molecule has 0 amide bonds. The molecule has 4 nitrogen and oxygen atoms in total. The molecule has 1 fully saturated rings. The van der Waals surface area contributed by atoms with Gasteiger partial charge >= 0.3 is 0 Å². The molecule has 1 atom stereocenters. The molecule has 1 aromatic carbocycles. The highest BCUT2D eigenvalue weighted by Gasteiger charge is 2.20. The SMILES string of the molecule is C[C@H]1CCN(c2ccn3c(n2)nc2ccccc23)C1. The standard InChI is InChI=1S/C15H16N4/c1-11-6-8-18(10-11)14-7-9-19-13-5-3-2-4-12(13)16-15(19)17-14/h2-5,7,9,11H,6,8,10H2,1H3/t11-/m0/s1. The van der Waals surface area contributed by atoms with Crippen LogP contribution in [0.1, 0.15) is 13.3 Å². The first-order valence-corrected chi connectivity index (χ1v) is 6.80. The van der Waals surface area contributed by atoms with Gasteiger partial charge in [-0.2, -0.15) is 4.98 Å². The Kier molecular flexibility index (Phi) is 2.24. The Morgan fingerprint density at radius 3 is 2.89 bits per heavy atom. The lowest BCUT2D eigenvalue weighted by Crippen LogP contribution is -2.20. The maximum atomic E-state index is 4.71. The molecule has 0 unspecified atom stereocenters. The molecule has 0 radical (unpaired) electrons. The molecule has 4 heteroatoms. The topological polar surface area (TPSA) is 33.4 Å². The van der Waals surface area contributed by atoms with Crippen molar-refractivity contribution in [1.82, 2.24) is 14.4 Å². The molecule has 1 saturated heterocycles. The molecule has 3 aromatic rings. The largest absolute Gasteiger partial charge is 0.356 e. The van der Waals surface area contributed by atoms with Crippen molar-refractivity contribution in [1.29, 1.82) is 0 Å². The van der Waals surface area contributed by atoms with Crippen LogP contribution in [-0.2, 0) is 0 Å². The van der Waals surface area contributed by atoms with E-state index in [0.717, 1.165) is 41.6 Å². The lowest BCUT2D eigenvalue weighted by Gasteiger charge is -2.16. The third-order valence-corrected chi connectivity index (χ3v) is 3.91. The maximum absolute atomic E-state index is 4.71. The molecule has 1 aliphatic heterocycles. The zero-order chi connectivity index (χ0) is 12.8. The number of imidazole rings is 1. The Morgan fingerprint density at radius 1 is 1.16 bits per heavy atom. The molecule has 0 aliphatic carbocycles. The number of benzene rings is 1. The van der Waals surface area contributed by atoms with Gasteiger partial charge in [-0.05, 0) is 30.5 Å². The van der Waals surface area contributed by atoms with E-state index in [-0.39, 0.29) is 0 Å². The molecule has 0 N–H and O–H groups in total. The van der Waals surface area contributed by atoms with Gasteiger partial charge in [-0.15, -0.1) is 0 Å². The van der Waals surface area contributed by atoms with E-state index in [1.165, 1.54) is 6.42 Å². The maximum Gasteiger partial charge on any atom is 0.236 e. The number of rotatable bonds is 1. The van der Waals surface area contributed by atoms with Gasteiger partial charge in [0.05, 0.1) is 11.0 Å². The Morgan fingerprint density at radius 2 is 2.05 bits per heavy atom. The highest BCUT2D eigenvalue weighted by atomic mass is 15.2. The normalized spacial score (nSPS) is 19.6. The van der Waals surface area contributed by atoms with Crippen LogP contribution in [0, 0.1) is 5.92 Å². The summed E-state index contributed by atoms with van der Waals surface area (Å²) in [5, 5.41) is 0. The van der Waals surface area contributed by atoms with Gasteiger partial charge in [0.1, 0.15) is 5.82 Å². The molecule has 0 saturated carbocycles. The molecule has 96 valence electrons. The summed E-state index contributed by atoms with van der Waals surface area (Å²) in [6.07, 6.45) is 3.33. The minimum absolute atomic E-state index is 0.761. The molecule has 19 heavy (non-hydrogen) atoms. The summed E-state index contributed by atoms with van der Waals surface area (Å²) in [6, 6.07) is 10.2. The smallest absolute Gasteiger partial charge is 0.236 e. The Hall–Kier alpha value is -2.10. The average molecular weight is 252 g/mol. The molecule has 4 rings (SSSR count). The number of fused-ring (bicyclic) bond motifs is 3. The highest BCUT2D eigenvalue weighted by Crippen LogP contribution is 2.23.